The molecule has 53 heavy (non-hydrogen) atoms. The Balaban J connectivity index is 1.30. The molecule has 4 aromatic heterocycles. The molecule has 4 nitrogen and oxygen atoms in total. The van der Waals surface area contributed by atoms with E-state index in [2.05, 4.69) is 155 Å². The van der Waals surface area contributed by atoms with Crippen LogP contribution in [0.3, 0.4) is 0 Å². The fourth-order valence-corrected chi connectivity index (χ4v) is 9.39. The van der Waals surface area contributed by atoms with Crippen LogP contribution in [0.2, 0.25) is 0 Å². The van der Waals surface area contributed by atoms with E-state index in [9.17, 15) is 0 Å². The number of benzene rings is 5. The van der Waals surface area contributed by atoms with Gasteiger partial charge in [-0.05, 0) is 95.8 Å². The molecule has 0 saturated carbocycles. The van der Waals surface area contributed by atoms with Crippen LogP contribution in [-0.4, -0.2) is 19.1 Å². The van der Waals surface area contributed by atoms with Gasteiger partial charge in [0, 0.05) is 56.0 Å². The van der Waals surface area contributed by atoms with Crippen molar-refractivity contribution in [3.05, 3.63) is 174 Å². The summed E-state index contributed by atoms with van der Waals surface area (Å²) in [5, 5.41) is 4.03. The van der Waals surface area contributed by atoms with Gasteiger partial charge in [0.1, 0.15) is 0 Å². The van der Waals surface area contributed by atoms with Gasteiger partial charge in [0.2, 0.25) is 0 Å². The molecule has 0 aliphatic heterocycles. The average molecular weight is 681 g/mol. The molecule has 0 radical (unpaired) electrons. The number of aryl methyl sites for hydroxylation is 1. The smallest absolute Gasteiger partial charge is 0.0893 e. The highest BCUT2D eigenvalue weighted by Crippen LogP contribution is 2.58. The van der Waals surface area contributed by atoms with Crippen molar-refractivity contribution in [1.29, 1.82) is 0 Å². The lowest BCUT2D eigenvalue weighted by Crippen LogP contribution is -2.15. The van der Waals surface area contributed by atoms with Gasteiger partial charge in [0.05, 0.1) is 33.6 Å². The number of rotatable bonds is 4. The van der Waals surface area contributed by atoms with Gasteiger partial charge in [-0.2, -0.15) is 0 Å². The van der Waals surface area contributed by atoms with Gasteiger partial charge >= 0.3 is 0 Å². The van der Waals surface area contributed by atoms with Gasteiger partial charge < -0.3 is 9.13 Å². The summed E-state index contributed by atoms with van der Waals surface area (Å²) in [4.78, 5) is 9.69. The molecule has 0 spiro atoms. The molecule has 0 bridgehead atoms. The maximum atomic E-state index is 5.11. The van der Waals surface area contributed by atoms with Gasteiger partial charge in [-0.1, -0.05) is 105 Å². The van der Waals surface area contributed by atoms with E-state index in [0.29, 0.717) is 0 Å². The maximum Gasteiger partial charge on any atom is 0.0893 e. The van der Waals surface area contributed by atoms with Gasteiger partial charge in [0.25, 0.3) is 0 Å². The van der Waals surface area contributed by atoms with Crippen LogP contribution in [0.1, 0.15) is 42.7 Å². The number of aromatic nitrogens is 4. The van der Waals surface area contributed by atoms with Crippen LogP contribution >= 0.6 is 0 Å². The Morgan fingerprint density at radius 1 is 0.623 bits per heavy atom. The van der Waals surface area contributed by atoms with Crippen LogP contribution in [0, 0.1) is 0 Å². The van der Waals surface area contributed by atoms with E-state index in [1.807, 2.05) is 30.5 Å². The lowest BCUT2D eigenvalue weighted by Gasteiger charge is -2.23. The van der Waals surface area contributed by atoms with Crippen molar-refractivity contribution in [3.63, 3.8) is 0 Å². The van der Waals surface area contributed by atoms with Crippen LogP contribution in [0.25, 0.3) is 83.9 Å². The summed E-state index contributed by atoms with van der Waals surface area (Å²) in [5.74, 6) is 0. The fraction of sp³-hybridized carbons (Fsp3) is 0.102. The normalized spacial score (nSPS) is 14.2. The largest absolute Gasteiger partial charge is 0.309 e. The zero-order valence-electron chi connectivity index (χ0n) is 29.7. The average Bonchev–Trinajstić information content (AvgIpc) is 3.82. The molecule has 4 heteroatoms. The molecule has 0 saturated heterocycles. The van der Waals surface area contributed by atoms with E-state index in [1.54, 1.807) is 0 Å². The van der Waals surface area contributed by atoms with Crippen LogP contribution in [-0.2, 0) is 11.8 Å². The quantitative estimate of drug-likeness (QED) is 0.185. The van der Waals surface area contributed by atoms with Crippen molar-refractivity contribution in [2.24, 2.45) is 0 Å². The van der Waals surface area contributed by atoms with Gasteiger partial charge in [-0.25, -0.2) is 4.98 Å². The Labute approximate surface area is 308 Å². The van der Waals surface area contributed by atoms with Crippen molar-refractivity contribution >= 4 is 38.8 Å². The lowest BCUT2D eigenvalue weighted by molar-refractivity contribution is 0.667. The molecule has 0 amide bonds. The molecule has 0 fully saturated rings. The minimum atomic E-state index is -0.215. The lowest BCUT2D eigenvalue weighted by atomic mass is 9.80. The second-order valence-corrected chi connectivity index (χ2v) is 14.9. The summed E-state index contributed by atoms with van der Waals surface area (Å²) < 4.78 is 5.11. The molecular formula is C49H36N4. The van der Waals surface area contributed by atoms with Gasteiger partial charge in [0.15, 0.2) is 0 Å². The Morgan fingerprint density at radius 3 is 2.26 bits per heavy atom. The topological polar surface area (TPSA) is 35.6 Å². The second kappa shape index (κ2) is 11.2. The fourth-order valence-electron chi connectivity index (χ4n) is 9.39. The minimum Gasteiger partial charge on any atom is -0.309 e. The predicted octanol–water partition coefficient (Wildman–Crippen LogP) is 12.1. The first-order valence-corrected chi connectivity index (χ1v) is 18.6. The van der Waals surface area contributed by atoms with Crippen molar-refractivity contribution in [1.82, 2.24) is 19.1 Å². The zero-order chi connectivity index (χ0) is 35.3. The Kier molecular flexibility index (Phi) is 6.39. The number of allylic oxidation sites excluding steroid dienone is 1. The number of para-hydroxylation sites is 2. The van der Waals surface area contributed by atoms with E-state index >= 15 is 0 Å². The van der Waals surface area contributed by atoms with Crippen molar-refractivity contribution in [2.75, 3.05) is 0 Å². The molecular weight excluding hydrogens is 645 g/mol. The van der Waals surface area contributed by atoms with Gasteiger partial charge in [-0.3, -0.25) is 4.98 Å². The monoisotopic (exact) mass is 680 g/mol. The summed E-state index contributed by atoms with van der Waals surface area (Å²) >= 11 is 0. The highest BCUT2D eigenvalue weighted by molar-refractivity contribution is 6.26. The summed E-state index contributed by atoms with van der Waals surface area (Å²) in [7, 11) is 0. The third-order valence-corrected chi connectivity index (χ3v) is 11.6. The van der Waals surface area contributed by atoms with Gasteiger partial charge in [-0.15, -0.1) is 0 Å². The molecule has 0 unspecified atom stereocenters. The van der Waals surface area contributed by atoms with E-state index in [4.69, 9.17) is 4.98 Å². The van der Waals surface area contributed by atoms with E-state index in [-0.39, 0.29) is 5.41 Å². The summed E-state index contributed by atoms with van der Waals surface area (Å²) in [6, 6.07) is 50.2. The van der Waals surface area contributed by atoms with Crippen LogP contribution in [0.5, 0.6) is 0 Å². The summed E-state index contributed by atoms with van der Waals surface area (Å²) in [6.07, 6.45) is 8.54. The van der Waals surface area contributed by atoms with Crippen molar-refractivity contribution < 1.29 is 0 Å². The Hall–Kier alpha value is -6.52. The third kappa shape index (κ3) is 4.24. The van der Waals surface area contributed by atoms with Crippen molar-refractivity contribution in [2.45, 2.75) is 32.1 Å². The van der Waals surface area contributed by atoms with E-state index in [1.165, 1.54) is 71.9 Å². The zero-order valence-corrected chi connectivity index (χ0v) is 29.7. The van der Waals surface area contributed by atoms with Crippen LogP contribution in [0.15, 0.2) is 152 Å². The first-order valence-electron chi connectivity index (χ1n) is 18.6. The molecule has 5 aromatic carbocycles. The Bertz CT molecular complexity index is 2960. The molecule has 252 valence electrons. The van der Waals surface area contributed by atoms with E-state index in [0.717, 1.165) is 41.2 Å². The summed E-state index contributed by atoms with van der Waals surface area (Å²) in [5.41, 5.74) is 17.8. The highest BCUT2D eigenvalue weighted by Gasteiger charge is 2.42. The van der Waals surface area contributed by atoms with Crippen LogP contribution in [0.4, 0.5) is 0 Å². The van der Waals surface area contributed by atoms with Crippen LogP contribution < -0.4 is 0 Å². The molecule has 11 rings (SSSR count). The number of hydrogen-bond donors (Lipinski definition) is 0. The molecule has 9 aromatic rings. The second-order valence-electron chi connectivity index (χ2n) is 14.9. The number of hydrogen-bond acceptors (Lipinski definition) is 2. The molecule has 4 heterocycles. The predicted molar refractivity (Wildman–Crippen MR) is 219 cm³/mol. The molecule has 2 aliphatic rings. The number of nitrogens with zero attached hydrogens (tertiary/aromatic N) is 4. The first kappa shape index (κ1) is 30.1. The number of pyridine rings is 2. The highest BCUT2D eigenvalue weighted by atomic mass is 15.0. The van der Waals surface area contributed by atoms with Crippen molar-refractivity contribution in [3.8, 4) is 45.1 Å². The minimum absolute atomic E-state index is 0.215. The third-order valence-electron chi connectivity index (χ3n) is 11.6. The first-order chi connectivity index (χ1) is 26.1. The SMILES string of the molecule is CC1(C)c2ccccc2-c2c1c1c3ccccc3n(-c3ccccc3)c1c1c3c(n(-c4cccc(-c5cccc(-c6ccccn6)n5)c4)c21)C=CCC3. The summed E-state index contributed by atoms with van der Waals surface area (Å²) in [6.45, 7) is 4.84. The number of fused-ring (bicyclic) bond motifs is 12. The van der Waals surface area contributed by atoms with E-state index < -0.39 is 0 Å². The molecule has 0 atom stereocenters. The maximum absolute atomic E-state index is 5.11. The standard InChI is InChI=1S/C49H36N4/c1-49(2)37-23-9-6-20-34(37)43-46(49)44-35-21-7-10-27-41(35)52(32-17-4-3-5-18-32)48(44)45-36-22-8-11-28-42(36)53(47(43)45)33-19-14-16-31(30-33)38-25-15-26-40(51-38)39-24-12-13-29-50-39/h3-7,9-21,23-30H,8,22H2,1-2H3. The molecule has 2 aliphatic carbocycles. The molecule has 0 N–H and O–H groups in total. The Morgan fingerprint density at radius 2 is 1.38 bits per heavy atom.